The SMILES string of the molecule is C(=N\Nc1nn2cnnc2c2ccccc12)/c1ccco1. The summed E-state index contributed by atoms with van der Waals surface area (Å²) in [5, 5.41) is 18.4. The van der Waals surface area contributed by atoms with E-state index in [0.29, 0.717) is 17.2 Å². The summed E-state index contributed by atoms with van der Waals surface area (Å²) in [6, 6.07) is 11.5. The highest BCUT2D eigenvalue weighted by atomic mass is 16.3. The number of aromatic nitrogens is 4. The summed E-state index contributed by atoms with van der Waals surface area (Å²) < 4.78 is 6.80. The van der Waals surface area contributed by atoms with Crippen LogP contribution in [0.3, 0.4) is 0 Å². The van der Waals surface area contributed by atoms with Crippen molar-refractivity contribution in [1.82, 2.24) is 19.8 Å². The highest BCUT2D eigenvalue weighted by Crippen LogP contribution is 2.23. The van der Waals surface area contributed by atoms with Crippen molar-refractivity contribution in [2.75, 3.05) is 5.43 Å². The van der Waals surface area contributed by atoms with Crippen LogP contribution >= 0.6 is 0 Å². The largest absolute Gasteiger partial charge is 0.463 e. The highest BCUT2D eigenvalue weighted by molar-refractivity contribution is 5.99. The molecule has 1 aromatic carbocycles. The second kappa shape index (κ2) is 4.71. The molecular formula is C14H10N6O. The summed E-state index contributed by atoms with van der Waals surface area (Å²) >= 11 is 0. The minimum Gasteiger partial charge on any atom is -0.463 e. The third-order valence-electron chi connectivity index (χ3n) is 3.07. The van der Waals surface area contributed by atoms with E-state index in [-0.39, 0.29) is 0 Å². The van der Waals surface area contributed by atoms with Gasteiger partial charge in [-0.1, -0.05) is 24.3 Å². The molecule has 0 unspecified atom stereocenters. The highest BCUT2D eigenvalue weighted by Gasteiger charge is 2.08. The lowest BCUT2D eigenvalue weighted by Crippen LogP contribution is -2.00. The van der Waals surface area contributed by atoms with E-state index in [1.54, 1.807) is 29.4 Å². The summed E-state index contributed by atoms with van der Waals surface area (Å²) in [5.74, 6) is 1.29. The molecule has 21 heavy (non-hydrogen) atoms. The van der Waals surface area contributed by atoms with Gasteiger partial charge in [-0.15, -0.1) is 15.3 Å². The van der Waals surface area contributed by atoms with Crippen molar-refractivity contribution in [2.24, 2.45) is 5.10 Å². The predicted molar refractivity (Wildman–Crippen MR) is 78.2 cm³/mol. The van der Waals surface area contributed by atoms with Gasteiger partial charge in [-0.05, 0) is 12.1 Å². The maximum Gasteiger partial charge on any atom is 0.185 e. The molecule has 4 aromatic rings. The van der Waals surface area contributed by atoms with Crippen LogP contribution in [0.2, 0.25) is 0 Å². The van der Waals surface area contributed by atoms with Gasteiger partial charge in [-0.3, -0.25) is 5.43 Å². The van der Waals surface area contributed by atoms with Gasteiger partial charge in [-0.2, -0.15) is 9.62 Å². The summed E-state index contributed by atoms with van der Waals surface area (Å²) in [4.78, 5) is 0. The lowest BCUT2D eigenvalue weighted by atomic mass is 10.2. The molecule has 0 saturated carbocycles. The van der Waals surface area contributed by atoms with Crippen LogP contribution in [0.15, 0.2) is 58.5 Å². The number of benzene rings is 1. The van der Waals surface area contributed by atoms with Gasteiger partial charge >= 0.3 is 0 Å². The zero-order chi connectivity index (χ0) is 14.1. The van der Waals surface area contributed by atoms with Crippen molar-refractivity contribution in [3.8, 4) is 0 Å². The molecule has 1 N–H and O–H groups in total. The number of hydrogen-bond acceptors (Lipinski definition) is 6. The minimum absolute atomic E-state index is 0.626. The van der Waals surface area contributed by atoms with Crippen molar-refractivity contribution in [1.29, 1.82) is 0 Å². The Morgan fingerprint density at radius 3 is 2.90 bits per heavy atom. The van der Waals surface area contributed by atoms with Gasteiger partial charge in [0.05, 0.1) is 12.5 Å². The Morgan fingerprint density at radius 2 is 2.05 bits per heavy atom. The Balaban J connectivity index is 1.79. The number of fused-ring (bicyclic) bond motifs is 3. The number of hydrogen-bond donors (Lipinski definition) is 1. The van der Waals surface area contributed by atoms with Crippen LogP contribution in [0.5, 0.6) is 0 Å². The van der Waals surface area contributed by atoms with E-state index in [2.05, 4.69) is 25.8 Å². The Bertz CT molecular complexity index is 925. The maximum absolute atomic E-state index is 5.18. The van der Waals surface area contributed by atoms with Crippen LogP contribution in [0, 0.1) is 0 Å². The smallest absolute Gasteiger partial charge is 0.185 e. The average molecular weight is 278 g/mol. The fourth-order valence-corrected chi connectivity index (χ4v) is 2.13. The first-order chi connectivity index (χ1) is 10.4. The van der Waals surface area contributed by atoms with Crippen molar-refractivity contribution < 1.29 is 4.42 Å². The van der Waals surface area contributed by atoms with Gasteiger partial charge in [-0.25, -0.2) is 0 Å². The van der Waals surface area contributed by atoms with Crippen molar-refractivity contribution >= 4 is 28.5 Å². The van der Waals surface area contributed by atoms with Crippen molar-refractivity contribution in [3.05, 3.63) is 54.7 Å². The third-order valence-corrected chi connectivity index (χ3v) is 3.07. The van der Waals surface area contributed by atoms with Gasteiger partial charge in [0.1, 0.15) is 12.1 Å². The number of furan rings is 1. The minimum atomic E-state index is 0.626. The number of hydrazone groups is 1. The van der Waals surface area contributed by atoms with Crippen LogP contribution < -0.4 is 5.43 Å². The lowest BCUT2D eigenvalue weighted by molar-refractivity contribution is 0.560. The van der Waals surface area contributed by atoms with E-state index in [9.17, 15) is 0 Å². The van der Waals surface area contributed by atoms with E-state index >= 15 is 0 Å². The molecular weight excluding hydrogens is 268 g/mol. The van der Waals surface area contributed by atoms with E-state index in [1.165, 1.54) is 0 Å². The second-order valence-electron chi connectivity index (χ2n) is 4.38. The molecule has 7 heteroatoms. The molecule has 7 nitrogen and oxygen atoms in total. The zero-order valence-electron chi connectivity index (χ0n) is 10.8. The molecule has 0 aliphatic heterocycles. The quantitative estimate of drug-likeness (QED) is 0.459. The molecule has 0 aliphatic rings. The van der Waals surface area contributed by atoms with Gasteiger partial charge in [0.25, 0.3) is 0 Å². The molecule has 0 spiro atoms. The molecule has 3 heterocycles. The molecule has 0 saturated heterocycles. The molecule has 0 radical (unpaired) electrons. The predicted octanol–water partition coefficient (Wildman–Crippen LogP) is 2.32. The standard InChI is InChI=1S/C14H10N6O/c1-2-6-12-11(5-1)13(19-20-9-16-18-14(12)20)17-15-8-10-4-3-7-21-10/h1-9H,(H,17,19)/b15-8+. The van der Waals surface area contributed by atoms with Crippen LogP contribution in [-0.2, 0) is 0 Å². The van der Waals surface area contributed by atoms with Crippen LogP contribution in [0.4, 0.5) is 5.82 Å². The van der Waals surface area contributed by atoms with Gasteiger partial charge < -0.3 is 4.42 Å². The number of nitrogens with zero attached hydrogens (tertiary/aromatic N) is 5. The fourth-order valence-electron chi connectivity index (χ4n) is 2.13. The molecule has 0 fully saturated rings. The maximum atomic E-state index is 5.18. The van der Waals surface area contributed by atoms with E-state index in [1.807, 2.05) is 30.3 Å². The molecule has 0 bridgehead atoms. The van der Waals surface area contributed by atoms with Crippen LogP contribution in [0.25, 0.3) is 16.4 Å². The fraction of sp³-hybridized carbons (Fsp3) is 0. The number of anilines is 1. The first kappa shape index (κ1) is 11.6. The summed E-state index contributed by atoms with van der Waals surface area (Å²) in [5.41, 5.74) is 3.64. The Morgan fingerprint density at radius 1 is 1.14 bits per heavy atom. The van der Waals surface area contributed by atoms with Gasteiger partial charge in [0, 0.05) is 10.8 Å². The second-order valence-corrected chi connectivity index (χ2v) is 4.38. The first-order valence-corrected chi connectivity index (χ1v) is 6.33. The van der Waals surface area contributed by atoms with Gasteiger partial charge in [0.2, 0.25) is 0 Å². The lowest BCUT2D eigenvalue weighted by Gasteiger charge is -2.05. The van der Waals surface area contributed by atoms with E-state index in [4.69, 9.17) is 4.42 Å². The summed E-state index contributed by atoms with van der Waals surface area (Å²) in [6.07, 6.45) is 4.74. The van der Waals surface area contributed by atoms with Crippen LogP contribution in [0.1, 0.15) is 5.76 Å². The van der Waals surface area contributed by atoms with E-state index in [0.717, 1.165) is 10.8 Å². The molecule has 102 valence electrons. The van der Waals surface area contributed by atoms with Gasteiger partial charge in [0.15, 0.2) is 11.5 Å². The monoisotopic (exact) mass is 278 g/mol. The van der Waals surface area contributed by atoms with E-state index < -0.39 is 0 Å². The Kier molecular flexibility index (Phi) is 2.60. The summed E-state index contributed by atoms with van der Waals surface area (Å²) in [6.45, 7) is 0. The molecule has 0 amide bonds. The topological polar surface area (TPSA) is 80.6 Å². The molecule has 0 atom stereocenters. The normalized spacial score (nSPS) is 11.6. The Labute approximate surface area is 118 Å². The number of rotatable bonds is 3. The third kappa shape index (κ3) is 2.00. The van der Waals surface area contributed by atoms with Crippen molar-refractivity contribution in [3.63, 3.8) is 0 Å². The molecule has 4 rings (SSSR count). The number of nitrogens with one attached hydrogen (secondary N) is 1. The van der Waals surface area contributed by atoms with Crippen molar-refractivity contribution in [2.45, 2.75) is 0 Å². The Hall–Kier alpha value is -3.22. The molecule has 0 aliphatic carbocycles. The molecule has 3 aromatic heterocycles. The van der Waals surface area contributed by atoms with Crippen LogP contribution in [-0.4, -0.2) is 26.0 Å². The first-order valence-electron chi connectivity index (χ1n) is 6.33. The zero-order valence-corrected chi connectivity index (χ0v) is 10.8. The average Bonchev–Trinajstić information content (AvgIpc) is 3.18. The summed E-state index contributed by atoms with van der Waals surface area (Å²) in [7, 11) is 0.